The van der Waals surface area contributed by atoms with E-state index in [2.05, 4.69) is 17.6 Å². The van der Waals surface area contributed by atoms with Gasteiger partial charge < -0.3 is 10.6 Å². The molecule has 0 saturated heterocycles. The number of halogens is 2. The fraction of sp³-hybridized carbons (Fsp3) is 0.529. The molecular formula is C17H24F2N2O2. The molecular weight excluding hydrogens is 302 g/mol. The SMILES string of the molecule is CCCCCNC(=O)C(NC(=O)c1c(F)cccc1F)C(C)C. The molecule has 128 valence electrons. The van der Waals surface area contributed by atoms with Gasteiger partial charge in [-0.1, -0.05) is 39.7 Å². The number of rotatable bonds is 8. The highest BCUT2D eigenvalue weighted by molar-refractivity contribution is 5.98. The van der Waals surface area contributed by atoms with Gasteiger partial charge in [-0.15, -0.1) is 0 Å². The van der Waals surface area contributed by atoms with Crippen LogP contribution in [0.25, 0.3) is 0 Å². The Balaban J connectivity index is 2.76. The first kappa shape index (κ1) is 19.1. The molecule has 2 amide bonds. The maximum atomic E-state index is 13.6. The average Bonchev–Trinajstić information content (AvgIpc) is 2.48. The van der Waals surface area contributed by atoms with Gasteiger partial charge in [0, 0.05) is 6.54 Å². The normalized spacial score (nSPS) is 12.1. The third-order valence-corrected chi connectivity index (χ3v) is 3.51. The second-order valence-corrected chi connectivity index (χ2v) is 5.79. The Labute approximate surface area is 135 Å². The second-order valence-electron chi connectivity index (χ2n) is 5.79. The number of nitrogens with one attached hydrogen (secondary N) is 2. The summed E-state index contributed by atoms with van der Waals surface area (Å²) >= 11 is 0. The van der Waals surface area contributed by atoms with Crippen molar-refractivity contribution in [1.29, 1.82) is 0 Å². The molecule has 0 heterocycles. The lowest BCUT2D eigenvalue weighted by molar-refractivity contribution is -0.123. The zero-order valence-electron chi connectivity index (χ0n) is 13.8. The Morgan fingerprint density at radius 2 is 1.74 bits per heavy atom. The van der Waals surface area contributed by atoms with Crippen molar-refractivity contribution in [1.82, 2.24) is 10.6 Å². The molecule has 0 radical (unpaired) electrons. The molecule has 4 nitrogen and oxygen atoms in total. The van der Waals surface area contributed by atoms with Crippen LogP contribution in [-0.4, -0.2) is 24.4 Å². The summed E-state index contributed by atoms with van der Waals surface area (Å²) in [6.45, 7) is 6.09. The van der Waals surface area contributed by atoms with Crippen molar-refractivity contribution in [2.45, 2.75) is 46.1 Å². The fourth-order valence-electron chi connectivity index (χ4n) is 2.16. The van der Waals surface area contributed by atoms with E-state index in [-0.39, 0.29) is 11.8 Å². The van der Waals surface area contributed by atoms with Crippen LogP contribution in [0.2, 0.25) is 0 Å². The van der Waals surface area contributed by atoms with E-state index in [1.54, 1.807) is 13.8 Å². The highest BCUT2D eigenvalue weighted by Gasteiger charge is 2.26. The van der Waals surface area contributed by atoms with Crippen LogP contribution in [0.5, 0.6) is 0 Å². The summed E-state index contributed by atoms with van der Waals surface area (Å²) in [4.78, 5) is 24.3. The third-order valence-electron chi connectivity index (χ3n) is 3.51. The van der Waals surface area contributed by atoms with Crippen LogP contribution in [0, 0.1) is 17.6 Å². The van der Waals surface area contributed by atoms with E-state index in [0.717, 1.165) is 31.4 Å². The molecule has 0 bridgehead atoms. The first-order valence-corrected chi connectivity index (χ1v) is 7.91. The van der Waals surface area contributed by atoms with Gasteiger partial charge in [0.05, 0.1) is 0 Å². The molecule has 0 aromatic heterocycles. The van der Waals surface area contributed by atoms with Crippen molar-refractivity contribution < 1.29 is 18.4 Å². The third kappa shape index (κ3) is 5.62. The standard InChI is InChI=1S/C17H24F2N2O2/c1-4-5-6-10-20-17(23)15(11(2)3)21-16(22)14-12(18)8-7-9-13(14)19/h7-9,11,15H,4-6,10H2,1-3H3,(H,20,23)(H,21,22). The fourth-order valence-corrected chi connectivity index (χ4v) is 2.16. The molecule has 0 aliphatic heterocycles. The molecule has 1 aromatic carbocycles. The lowest BCUT2D eigenvalue weighted by Crippen LogP contribution is -2.50. The van der Waals surface area contributed by atoms with Gasteiger partial charge in [-0.25, -0.2) is 8.78 Å². The summed E-state index contributed by atoms with van der Waals surface area (Å²) in [6, 6.07) is 2.35. The Kier molecular flexibility index (Phi) is 7.65. The van der Waals surface area contributed by atoms with Crippen LogP contribution in [0.3, 0.4) is 0 Å². The summed E-state index contributed by atoms with van der Waals surface area (Å²) in [5.41, 5.74) is -0.670. The van der Waals surface area contributed by atoms with E-state index in [0.29, 0.717) is 6.54 Å². The minimum Gasteiger partial charge on any atom is -0.354 e. The quantitative estimate of drug-likeness (QED) is 0.722. The van der Waals surface area contributed by atoms with Gasteiger partial charge in [0.2, 0.25) is 5.91 Å². The van der Waals surface area contributed by atoms with Crippen molar-refractivity contribution in [3.8, 4) is 0 Å². The predicted molar refractivity (Wildman–Crippen MR) is 85.0 cm³/mol. The lowest BCUT2D eigenvalue weighted by atomic mass is 10.0. The van der Waals surface area contributed by atoms with E-state index < -0.39 is 29.1 Å². The molecule has 1 rings (SSSR count). The zero-order valence-corrected chi connectivity index (χ0v) is 13.8. The summed E-state index contributed by atoms with van der Waals surface area (Å²) in [5, 5.41) is 5.17. The number of amides is 2. The predicted octanol–water partition coefficient (Wildman–Crippen LogP) is 3.03. The van der Waals surface area contributed by atoms with Gasteiger partial charge in [0.1, 0.15) is 23.2 Å². The van der Waals surface area contributed by atoms with E-state index >= 15 is 0 Å². The number of benzene rings is 1. The topological polar surface area (TPSA) is 58.2 Å². The first-order valence-electron chi connectivity index (χ1n) is 7.91. The first-order chi connectivity index (χ1) is 10.9. The van der Waals surface area contributed by atoms with Gasteiger partial charge in [0.15, 0.2) is 0 Å². The summed E-state index contributed by atoms with van der Waals surface area (Å²) in [5.74, 6) is -3.38. The Bertz CT molecular complexity index is 527. The molecule has 6 heteroatoms. The average molecular weight is 326 g/mol. The smallest absolute Gasteiger partial charge is 0.257 e. The van der Waals surface area contributed by atoms with E-state index in [9.17, 15) is 18.4 Å². The Morgan fingerprint density at radius 3 is 2.26 bits per heavy atom. The minimum absolute atomic E-state index is 0.208. The van der Waals surface area contributed by atoms with E-state index in [1.165, 1.54) is 6.07 Å². The molecule has 0 saturated carbocycles. The molecule has 0 aliphatic carbocycles. The van der Waals surface area contributed by atoms with Crippen molar-refractivity contribution in [3.05, 3.63) is 35.4 Å². The summed E-state index contributed by atoms with van der Waals surface area (Å²) < 4.78 is 27.3. The summed E-state index contributed by atoms with van der Waals surface area (Å²) in [7, 11) is 0. The molecule has 1 atom stereocenters. The highest BCUT2D eigenvalue weighted by Crippen LogP contribution is 2.13. The Morgan fingerprint density at radius 1 is 1.13 bits per heavy atom. The second kappa shape index (κ2) is 9.22. The van der Waals surface area contributed by atoms with Gasteiger partial charge in [-0.3, -0.25) is 9.59 Å². The van der Waals surface area contributed by atoms with Crippen LogP contribution in [0.15, 0.2) is 18.2 Å². The van der Waals surface area contributed by atoms with Gasteiger partial charge in [0.25, 0.3) is 5.91 Å². The molecule has 23 heavy (non-hydrogen) atoms. The summed E-state index contributed by atoms with van der Waals surface area (Å²) in [6.07, 6.45) is 2.88. The van der Waals surface area contributed by atoms with Crippen molar-refractivity contribution >= 4 is 11.8 Å². The minimum atomic E-state index is -0.951. The van der Waals surface area contributed by atoms with Crippen molar-refractivity contribution in [2.24, 2.45) is 5.92 Å². The molecule has 0 spiro atoms. The van der Waals surface area contributed by atoms with E-state index in [1.807, 2.05) is 0 Å². The van der Waals surface area contributed by atoms with Crippen LogP contribution in [-0.2, 0) is 4.79 Å². The van der Waals surface area contributed by atoms with Crippen molar-refractivity contribution in [3.63, 3.8) is 0 Å². The number of hydrogen-bond donors (Lipinski definition) is 2. The highest BCUT2D eigenvalue weighted by atomic mass is 19.1. The van der Waals surface area contributed by atoms with Crippen molar-refractivity contribution in [2.75, 3.05) is 6.54 Å². The van der Waals surface area contributed by atoms with Crippen LogP contribution in [0.1, 0.15) is 50.4 Å². The maximum absolute atomic E-state index is 13.6. The largest absolute Gasteiger partial charge is 0.354 e. The monoisotopic (exact) mass is 326 g/mol. The molecule has 0 aliphatic rings. The van der Waals surface area contributed by atoms with E-state index in [4.69, 9.17) is 0 Å². The van der Waals surface area contributed by atoms with Crippen LogP contribution >= 0.6 is 0 Å². The van der Waals surface area contributed by atoms with Gasteiger partial charge in [-0.05, 0) is 24.5 Å². The molecule has 1 unspecified atom stereocenters. The zero-order chi connectivity index (χ0) is 17.4. The van der Waals surface area contributed by atoms with Crippen LogP contribution in [0.4, 0.5) is 8.78 Å². The lowest BCUT2D eigenvalue weighted by Gasteiger charge is -2.22. The molecule has 1 aromatic rings. The van der Waals surface area contributed by atoms with Gasteiger partial charge >= 0.3 is 0 Å². The van der Waals surface area contributed by atoms with Crippen LogP contribution < -0.4 is 10.6 Å². The number of unbranched alkanes of at least 4 members (excludes halogenated alkanes) is 2. The molecule has 2 N–H and O–H groups in total. The number of carbonyl (C=O) groups is 2. The number of hydrogen-bond acceptors (Lipinski definition) is 2. The maximum Gasteiger partial charge on any atom is 0.257 e. The Hall–Kier alpha value is -1.98. The molecule has 0 fully saturated rings. The number of carbonyl (C=O) groups excluding carboxylic acids is 2. The van der Waals surface area contributed by atoms with Gasteiger partial charge in [-0.2, -0.15) is 0 Å².